The molecule has 462 valence electrons. The highest BCUT2D eigenvalue weighted by molar-refractivity contribution is 7.47. The van der Waals surface area contributed by atoms with Crippen LogP contribution in [-0.4, -0.2) is 66.5 Å². The molecule has 0 aliphatic rings. The van der Waals surface area contributed by atoms with E-state index in [0.717, 1.165) is 154 Å². The number of phosphoric ester groups is 1. The number of carbonyl (C=O) groups is 3. The Hall–Kier alpha value is -4.90. The number of hydrogen-bond donors (Lipinski definition) is 2. The first-order valence-corrected chi connectivity index (χ1v) is 32.9. The summed E-state index contributed by atoms with van der Waals surface area (Å²) < 4.78 is 39.6. The highest BCUT2D eigenvalue weighted by Crippen LogP contribution is 2.43. The molecule has 0 amide bonds. The Labute approximate surface area is 498 Å². The van der Waals surface area contributed by atoms with Gasteiger partial charge in [-0.05, 0) is 128 Å². The lowest BCUT2D eigenvalue weighted by atomic mass is 10.1. The Kier molecular flexibility index (Phi) is 58.4. The average molecular weight is 1160 g/mol. The third kappa shape index (κ3) is 59.7. The molecule has 3 atom stereocenters. The summed E-state index contributed by atoms with van der Waals surface area (Å²) in [5.41, 5.74) is 0. The van der Waals surface area contributed by atoms with E-state index in [1.165, 1.54) is 6.42 Å². The van der Waals surface area contributed by atoms with Gasteiger partial charge in [-0.3, -0.25) is 23.4 Å². The maximum absolute atomic E-state index is 13.0. The monoisotopic (exact) mass is 1160 g/mol. The molecule has 0 fully saturated rings. The molecular formula is C70H111O11P. The van der Waals surface area contributed by atoms with Crippen LogP contribution < -0.4 is 0 Å². The van der Waals surface area contributed by atoms with Crippen LogP contribution in [-0.2, 0) is 42.2 Å². The zero-order valence-electron chi connectivity index (χ0n) is 51.1. The average Bonchev–Trinajstić information content (AvgIpc) is 3.50. The molecule has 0 aliphatic heterocycles. The third-order valence-corrected chi connectivity index (χ3v) is 13.4. The molecule has 0 aromatic heterocycles. The standard InChI is InChI=1S/C70H111O11P/c1-4-7-10-13-16-19-22-25-28-31-33-36-38-41-44-47-50-53-56-59-68(72)77-63-67(81-70(74)61-58-55-52-49-46-43-40-37-34-32-29-26-23-20-17-14-11-8-5-2)65-79-82(75,76)78-64-66(62-71)80-69(73)60-57-54-51-48-45-42-39-35-30-27-24-21-18-15-12-9-6-3/h7-12,16-21,25-30,33-34,36-37,43,46,52,55,66-67,71H,4-6,13-15,22-24,31-32,35,38-42,44-45,47-51,53-54,56-65H2,1-3H3,(H,75,76)/b10-7-,11-8-,12-9-,19-16-,20-17-,21-18-,28-25-,29-26-,30-27-,36-33-,37-34-,46-43-,55-52-. The zero-order chi connectivity index (χ0) is 59.8. The van der Waals surface area contributed by atoms with E-state index in [1.807, 2.05) is 12.2 Å². The summed E-state index contributed by atoms with van der Waals surface area (Å²) in [5, 5.41) is 9.85. The molecule has 0 aliphatic carbocycles. The second kappa shape index (κ2) is 62.2. The summed E-state index contributed by atoms with van der Waals surface area (Å²) >= 11 is 0. The van der Waals surface area contributed by atoms with Gasteiger partial charge in [0.25, 0.3) is 0 Å². The summed E-state index contributed by atoms with van der Waals surface area (Å²) in [6.45, 7) is 4.19. The predicted octanol–water partition coefficient (Wildman–Crippen LogP) is 19.3. The van der Waals surface area contributed by atoms with Crippen molar-refractivity contribution in [2.24, 2.45) is 0 Å². The number of esters is 3. The largest absolute Gasteiger partial charge is 0.472 e. The fourth-order valence-corrected chi connectivity index (χ4v) is 8.58. The normalized spacial score (nSPS) is 14.4. The van der Waals surface area contributed by atoms with E-state index in [-0.39, 0.29) is 25.9 Å². The molecule has 0 saturated heterocycles. The maximum Gasteiger partial charge on any atom is 0.472 e. The number of phosphoric acid groups is 1. The van der Waals surface area contributed by atoms with Crippen molar-refractivity contribution in [1.82, 2.24) is 0 Å². The molecule has 0 rings (SSSR count). The van der Waals surface area contributed by atoms with Crippen molar-refractivity contribution in [2.45, 2.75) is 238 Å². The summed E-state index contributed by atoms with van der Waals surface area (Å²) in [7, 11) is -4.79. The van der Waals surface area contributed by atoms with Gasteiger partial charge < -0.3 is 24.2 Å². The number of aliphatic hydroxyl groups is 1. The maximum atomic E-state index is 13.0. The van der Waals surface area contributed by atoms with E-state index >= 15 is 0 Å². The topological polar surface area (TPSA) is 155 Å². The van der Waals surface area contributed by atoms with Crippen molar-refractivity contribution in [3.63, 3.8) is 0 Å². The van der Waals surface area contributed by atoms with Crippen LogP contribution in [0.5, 0.6) is 0 Å². The number of rotatable bonds is 56. The molecule has 0 aromatic rings. The van der Waals surface area contributed by atoms with Gasteiger partial charge in [-0.1, -0.05) is 237 Å². The van der Waals surface area contributed by atoms with Crippen LogP contribution in [0.3, 0.4) is 0 Å². The molecule has 0 heterocycles. The van der Waals surface area contributed by atoms with Gasteiger partial charge in [-0.25, -0.2) is 4.57 Å². The van der Waals surface area contributed by atoms with Crippen LogP contribution in [0.15, 0.2) is 158 Å². The van der Waals surface area contributed by atoms with Gasteiger partial charge in [0.15, 0.2) is 6.10 Å². The Bertz CT molecular complexity index is 1980. The smallest absolute Gasteiger partial charge is 0.462 e. The number of hydrogen-bond acceptors (Lipinski definition) is 10. The minimum absolute atomic E-state index is 0.0293. The van der Waals surface area contributed by atoms with Crippen molar-refractivity contribution >= 4 is 25.7 Å². The third-order valence-electron chi connectivity index (χ3n) is 12.4. The first-order chi connectivity index (χ1) is 40.2. The number of allylic oxidation sites excluding steroid dienone is 26. The Morgan fingerprint density at radius 1 is 0.341 bits per heavy atom. The van der Waals surface area contributed by atoms with Crippen molar-refractivity contribution in [2.75, 3.05) is 26.4 Å². The van der Waals surface area contributed by atoms with E-state index < -0.39 is 57.8 Å². The van der Waals surface area contributed by atoms with Crippen LogP contribution in [0, 0.1) is 0 Å². The van der Waals surface area contributed by atoms with Gasteiger partial charge in [-0.2, -0.15) is 0 Å². The van der Waals surface area contributed by atoms with Crippen LogP contribution in [0.4, 0.5) is 0 Å². The lowest BCUT2D eigenvalue weighted by Crippen LogP contribution is -2.30. The van der Waals surface area contributed by atoms with Crippen molar-refractivity contribution in [1.29, 1.82) is 0 Å². The summed E-state index contributed by atoms with van der Waals surface area (Å²) in [6.07, 6.45) is 82.1. The van der Waals surface area contributed by atoms with Crippen LogP contribution in [0.25, 0.3) is 0 Å². The van der Waals surface area contributed by atoms with Gasteiger partial charge in [0, 0.05) is 19.3 Å². The van der Waals surface area contributed by atoms with Gasteiger partial charge in [0.1, 0.15) is 12.7 Å². The molecule has 0 saturated carbocycles. The highest BCUT2D eigenvalue weighted by Gasteiger charge is 2.28. The van der Waals surface area contributed by atoms with Crippen LogP contribution in [0.1, 0.15) is 226 Å². The molecule has 82 heavy (non-hydrogen) atoms. The van der Waals surface area contributed by atoms with Crippen LogP contribution in [0.2, 0.25) is 0 Å². The first kappa shape index (κ1) is 77.1. The zero-order valence-corrected chi connectivity index (χ0v) is 52.0. The molecular weight excluding hydrogens is 1050 g/mol. The molecule has 0 radical (unpaired) electrons. The van der Waals surface area contributed by atoms with Crippen molar-refractivity contribution in [3.8, 4) is 0 Å². The lowest BCUT2D eigenvalue weighted by molar-refractivity contribution is -0.161. The first-order valence-electron chi connectivity index (χ1n) is 31.4. The predicted molar refractivity (Wildman–Crippen MR) is 343 cm³/mol. The van der Waals surface area contributed by atoms with Crippen molar-refractivity contribution < 1.29 is 52.2 Å². The minimum atomic E-state index is -4.79. The lowest BCUT2D eigenvalue weighted by Gasteiger charge is -2.21. The minimum Gasteiger partial charge on any atom is -0.462 e. The number of carbonyl (C=O) groups excluding carboxylic acids is 3. The SMILES string of the molecule is CC/C=C\C/C=C\C/C=C\C/C=C\C/C=C\C/C=C\CCC(=O)OC(COC(=O)CCCCCCCC/C=C\C/C=C\C/C=C\C/C=C\CC)COP(=O)(O)OCC(CO)OC(=O)CCCCCCCCC/C=C\C/C=C\C/C=C\CC. The number of aliphatic hydroxyl groups excluding tert-OH is 1. The molecule has 0 bridgehead atoms. The van der Waals surface area contributed by atoms with Crippen LogP contribution >= 0.6 is 7.82 Å². The second-order valence-electron chi connectivity index (χ2n) is 20.1. The van der Waals surface area contributed by atoms with Gasteiger partial charge in [-0.15, -0.1) is 0 Å². The Morgan fingerprint density at radius 2 is 0.622 bits per heavy atom. The van der Waals surface area contributed by atoms with Gasteiger partial charge in [0.05, 0.1) is 19.8 Å². The molecule has 11 nitrogen and oxygen atoms in total. The van der Waals surface area contributed by atoms with Gasteiger partial charge >= 0.3 is 25.7 Å². The van der Waals surface area contributed by atoms with Gasteiger partial charge in [0.2, 0.25) is 0 Å². The van der Waals surface area contributed by atoms with Crippen molar-refractivity contribution in [3.05, 3.63) is 158 Å². The number of ether oxygens (including phenoxy) is 3. The van der Waals surface area contributed by atoms with E-state index in [2.05, 4.69) is 167 Å². The molecule has 3 unspecified atom stereocenters. The summed E-state index contributed by atoms with van der Waals surface area (Å²) in [5.74, 6) is -1.61. The Balaban J connectivity index is 4.87. The number of unbranched alkanes of at least 4 members (excludes halogenated alkanes) is 13. The quantitative estimate of drug-likeness (QED) is 0.0197. The molecule has 0 spiro atoms. The molecule has 0 aromatic carbocycles. The van der Waals surface area contributed by atoms with E-state index in [1.54, 1.807) is 0 Å². The highest BCUT2D eigenvalue weighted by atomic mass is 31.2. The second-order valence-corrected chi connectivity index (χ2v) is 21.5. The molecule has 2 N–H and O–H groups in total. The summed E-state index contributed by atoms with van der Waals surface area (Å²) in [6, 6.07) is 0. The van der Waals surface area contributed by atoms with E-state index in [9.17, 15) is 28.9 Å². The Morgan fingerprint density at radius 3 is 0.988 bits per heavy atom. The summed E-state index contributed by atoms with van der Waals surface area (Å²) in [4.78, 5) is 48.7. The fourth-order valence-electron chi connectivity index (χ4n) is 7.80. The van der Waals surface area contributed by atoms with E-state index in [0.29, 0.717) is 25.7 Å². The fraction of sp³-hybridized carbons (Fsp3) is 0.586. The molecule has 12 heteroatoms. The van der Waals surface area contributed by atoms with E-state index in [4.69, 9.17) is 23.3 Å².